The second-order valence-electron chi connectivity index (χ2n) is 7.56. The number of carbonyl (C=O) groups excluding carboxylic acids is 1. The monoisotopic (exact) mass is 464 g/mol. The first-order valence-corrected chi connectivity index (χ1v) is 11.7. The molecule has 0 bridgehead atoms. The van der Waals surface area contributed by atoms with Gasteiger partial charge in [-0.05, 0) is 31.0 Å². The van der Waals surface area contributed by atoms with Gasteiger partial charge >= 0.3 is 0 Å². The van der Waals surface area contributed by atoms with E-state index in [0.29, 0.717) is 22.4 Å². The number of nitrogens with zero attached hydrogens (tertiary/aromatic N) is 3. The molecule has 3 heterocycles. The molecule has 1 atom stereocenters. The molecule has 1 N–H and O–H groups in total. The summed E-state index contributed by atoms with van der Waals surface area (Å²) >= 11 is 7.48. The van der Waals surface area contributed by atoms with Gasteiger partial charge in [-0.2, -0.15) is 5.10 Å². The summed E-state index contributed by atoms with van der Waals surface area (Å²) in [6.07, 6.45) is 2.08. The third kappa shape index (κ3) is 4.46. The van der Waals surface area contributed by atoms with Gasteiger partial charge in [0.1, 0.15) is 0 Å². The van der Waals surface area contributed by atoms with E-state index in [2.05, 4.69) is 10.4 Å². The van der Waals surface area contributed by atoms with Crippen LogP contribution in [0.5, 0.6) is 0 Å². The van der Waals surface area contributed by atoms with E-state index in [9.17, 15) is 4.79 Å². The maximum Gasteiger partial charge on any atom is 0.271 e. The Morgan fingerprint density at radius 2 is 1.97 bits per heavy atom. The number of benzene rings is 2. The molecule has 1 saturated heterocycles. The first-order chi connectivity index (χ1) is 15.7. The summed E-state index contributed by atoms with van der Waals surface area (Å²) in [6, 6.07) is 19.2. The standard InChI is InChI=1S/C24H21ClN4O2S/c25-18-10-8-16(9-11-18)21-15-32-24(27-21)29-22(17-5-2-1-3-6-17)13-20(28-29)23(30)26-14-19-7-4-12-31-19/h1-3,5-6,8-11,13,15,19H,4,7,12,14H2,(H,26,30)/t19-/m0/s1. The summed E-state index contributed by atoms with van der Waals surface area (Å²) in [7, 11) is 0. The maximum absolute atomic E-state index is 12.8. The predicted molar refractivity (Wildman–Crippen MR) is 126 cm³/mol. The van der Waals surface area contributed by atoms with Gasteiger partial charge in [0.25, 0.3) is 5.91 Å². The molecule has 0 radical (unpaired) electrons. The van der Waals surface area contributed by atoms with Crippen LogP contribution in [0.2, 0.25) is 5.02 Å². The number of thiazole rings is 1. The van der Waals surface area contributed by atoms with Gasteiger partial charge in [0.05, 0.1) is 17.5 Å². The number of carbonyl (C=O) groups is 1. The molecule has 8 heteroatoms. The van der Waals surface area contributed by atoms with Gasteiger partial charge < -0.3 is 10.1 Å². The highest BCUT2D eigenvalue weighted by Crippen LogP contribution is 2.29. The van der Waals surface area contributed by atoms with Gasteiger partial charge in [0, 0.05) is 34.7 Å². The van der Waals surface area contributed by atoms with Crippen molar-refractivity contribution >= 4 is 28.8 Å². The lowest BCUT2D eigenvalue weighted by Crippen LogP contribution is -2.32. The molecule has 0 aliphatic carbocycles. The second-order valence-corrected chi connectivity index (χ2v) is 8.83. The minimum Gasteiger partial charge on any atom is -0.376 e. The van der Waals surface area contributed by atoms with Crippen LogP contribution in [0.15, 0.2) is 66.0 Å². The molecule has 0 spiro atoms. The number of rotatable bonds is 6. The molecular formula is C24H21ClN4O2S. The molecule has 1 fully saturated rings. The fourth-order valence-corrected chi connectivity index (χ4v) is 4.59. The van der Waals surface area contributed by atoms with Crippen LogP contribution < -0.4 is 5.32 Å². The highest BCUT2D eigenvalue weighted by atomic mass is 35.5. The zero-order valence-corrected chi connectivity index (χ0v) is 18.8. The fraction of sp³-hybridized carbons (Fsp3) is 0.208. The van der Waals surface area contributed by atoms with Crippen LogP contribution in [0.25, 0.3) is 27.6 Å². The summed E-state index contributed by atoms with van der Waals surface area (Å²) in [4.78, 5) is 17.6. The van der Waals surface area contributed by atoms with E-state index >= 15 is 0 Å². The van der Waals surface area contributed by atoms with Crippen molar-refractivity contribution in [1.29, 1.82) is 0 Å². The highest BCUT2D eigenvalue weighted by molar-refractivity contribution is 7.12. The average Bonchev–Trinajstić information content (AvgIpc) is 3.59. The maximum atomic E-state index is 12.8. The van der Waals surface area contributed by atoms with E-state index in [1.807, 2.05) is 66.0 Å². The van der Waals surface area contributed by atoms with Crippen molar-refractivity contribution in [2.75, 3.05) is 13.2 Å². The first kappa shape index (κ1) is 20.9. The quantitative estimate of drug-likeness (QED) is 0.424. The van der Waals surface area contributed by atoms with E-state index in [1.54, 1.807) is 4.68 Å². The Balaban J connectivity index is 1.46. The Morgan fingerprint density at radius 1 is 1.16 bits per heavy atom. The molecule has 2 aromatic carbocycles. The van der Waals surface area contributed by atoms with Crippen molar-refractivity contribution in [1.82, 2.24) is 20.1 Å². The molecule has 162 valence electrons. The SMILES string of the molecule is O=C(NC[C@@H]1CCCO1)c1cc(-c2ccccc2)n(-c2nc(-c3ccc(Cl)cc3)cs2)n1. The van der Waals surface area contributed by atoms with Gasteiger partial charge in [0.2, 0.25) is 5.13 Å². The average molecular weight is 465 g/mol. The van der Waals surface area contributed by atoms with Crippen LogP contribution in [0, 0.1) is 0 Å². The molecule has 6 nitrogen and oxygen atoms in total. The molecule has 1 aliphatic rings. The third-order valence-corrected chi connectivity index (χ3v) is 6.41. The third-order valence-electron chi connectivity index (χ3n) is 5.34. The fourth-order valence-electron chi connectivity index (χ4n) is 3.67. The van der Waals surface area contributed by atoms with E-state index in [4.69, 9.17) is 21.3 Å². The zero-order chi connectivity index (χ0) is 21.9. The molecule has 4 aromatic rings. The van der Waals surface area contributed by atoms with Crippen molar-refractivity contribution in [3.63, 3.8) is 0 Å². The largest absolute Gasteiger partial charge is 0.376 e. The predicted octanol–water partition coefficient (Wildman–Crippen LogP) is 5.23. The molecule has 1 aliphatic heterocycles. The van der Waals surface area contributed by atoms with Crippen LogP contribution in [0.4, 0.5) is 0 Å². The molecular weight excluding hydrogens is 444 g/mol. The molecule has 1 amide bonds. The number of hydrogen-bond acceptors (Lipinski definition) is 5. The minimum atomic E-state index is -0.217. The summed E-state index contributed by atoms with van der Waals surface area (Å²) in [6.45, 7) is 1.25. The van der Waals surface area contributed by atoms with Crippen LogP contribution in [-0.2, 0) is 4.74 Å². The zero-order valence-electron chi connectivity index (χ0n) is 17.2. The van der Waals surface area contributed by atoms with Gasteiger partial charge in [-0.15, -0.1) is 11.3 Å². The Bertz CT molecular complexity index is 1210. The number of hydrogen-bond donors (Lipinski definition) is 1. The number of halogens is 1. The first-order valence-electron chi connectivity index (χ1n) is 10.4. The number of amides is 1. The summed E-state index contributed by atoms with van der Waals surface area (Å²) in [5.74, 6) is -0.217. The van der Waals surface area contributed by atoms with Gasteiger partial charge in [0.15, 0.2) is 5.69 Å². The normalized spacial score (nSPS) is 15.7. The topological polar surface area (TPSA) is 69.0 Å². The lowest BCUT2D eigenvalue weighted by Gasteiger charge is -2.09. The van der Waals surface area contributed by atoms with Gasteiger partial charge in [-0.25, -0.2) is 9.67 Å². The lowest BCUT2D eigenvalue weighted by atomic mass is 10.1. The molecule has 2 aromatic heterocycles. The second kappa shape index (κ2) is 9.24. The van der Waals surface area contributed by atoms with Crippen molar-refractivity contribution in [2.45, 2.75) is 18.9 Å². The molecule has 0 saturated carbocycles. The van der Waals surface area contributed by atoms with Gasteiger partial charge in [-0.3, -0.25) is 4.79 Å². The van der Waals surface area contributed by atoms with Crippen LogP contribution in [0.1, 0.15) is 23.3 Å². The molecule has 32 heavy (non-hydrogen) atoms. The summed E-state index contributed by atoms with van der Waals surface area (Å²) in [5, 5.41) is 10.9. The van der Waals surface area contributed by atoms with Crippen molar-refractivity contribution in [3.05, 3.63) is 76.8 Å². The van der Waals surface area contributed by atoms with E-state index < -0.39 is 0 Å². The Morgan fingerprint density at radius 3 is 2.72 bits per heavy atom. The Kier molecular flexibility index (Phi) is 6.03. The minimum absolute atomic E-state index is 0.0792. The number of ether oxygens (including phenoxy) is 1. The number of nitrogens with one attached hydrogen (secondary N) is 1. The van der Waals surface area contributed by atoms with E-state index in [-0.39, 0.29) is 12.0 Å². The Hall–Kier alpha value is -3.00. The van der Waals surface area contributed by atoms with Crippen LogP contribution >= 0.6 is 22.9 Å². The number of aromatic nitrogens is 3. The van der Waals surface area contributed by atoms with Crippen molar-refractivity contribution in [2.24, 2.45) is 0 Å². The molecule has 0 unspecified atom stereocenters. The summed E-state index contributed by atoms with van der Waals surface area (Å²) < 4.78 is 7.34. The van der Waals surface area contributed by atoms with Crippen LogP contribution in [-0.4, -0.2) is 39.9 Å². The van der Waals surface area contributed by atoms with Crippen molar-refractivity contribution in [3.8, 4) is 27.6 Å². The van der Waals surface area contributed by atoms with E-state index in [1.165, 1.54) is 11.3 Å². The lowest BCUT2D eigenvalue weighted by molar-refractivity contribution is 0.0853. The van der Waals surface area contributed by atoms with Crippen LogP contribution in [0.3, 0.4) is 0 Å². The molecule has 5 rings (SSSR count). The van der Waals surface area contributed by atoms with Gasteiger partial charge in [-0.1, -0.05) is 54.1 Å². The summed E-state index contributed by atoms with van der Waals surface area (Å²) in [5.41, 5.74) is 3.93. The highest BCUT2D eigenvalue weighted by Gasteiger charge is 2.21. The van der Waals surface area contributed by atoms with Crippen molar-refractivity contribution < 1.29 is 9.53 Å². The smallest absolute Gasteiger partial charge is 0.271 e. The van der Waals surface area contributed by atoms with E-state index in [0.717, 1.165) is 42.0 Å². The Labute approximate surface area is 194 Å².